The first-order valence-corrected chi connectivity index (χ1v) is 8.47. The van der Waals surface area contributed by atoms with Gasteiger partial charge in [-0.15, -0.1) is 0 Å². The maximum Gasteiger partial charge on any atom is 0.257 e. The highest BCUT2D eigenvalue weighted by molar-refractivity contribution is 5.89. The fourth-order valence-electron chi connectivity index (χ4n) is 2.87. The molecule has 0 radical (unpaired) electrons. The molecule has 4 aromatic rings. The summed E-state index contributed by atoms with van der Waals surface area (Å²) in [5.74, 6) is -0.568. The Bertz CT molecular complexity index is 1130. The van der Waals surface area contributed by atoms with Crippen molar-refractivity contribution in [2.75, 3.05) is 5.32 Å². The summed E-state index contributed by atoms with van der Waals surface area (Å²) in [6, 6.07) is 8.33. The molecule has 0 fully saturated rings. The Labute approximate surface area is 158 Å². The van der Waals surface area contributed by atoms with E-state index in [0.717, 1.165) is 4.68 Å². The molecule has 0 atom stereocenters. The molecule has 0 unspecified atom stereocenters. The lowest BCUT2D eigenvalue weighted by Crippen LogP contribution is -2.06. The van der Waals surface area contributed by atoms with E-state index in [0.29, 0.717) is 28.1 Å². The van der Waals surface area contributed by atoms with Crippen LogP contribution >= 0.6 is 0 Å². The van der Waals surface area contributed by atoms with Gasteiger partial charge in [-0.05, 0) is 31.2 Å². The lowest BCUT2D eigenvalue weighted by molar-refractivity contribution is 0.122. The van der Waals surface area contributed by atoms with Crippen molar-refractivity contribution >= 4 is 22.4 Å². The summed E-state index contributed by atoms with van der Waals surface area (Å²) in [5, 5.41) is 7.13. The highest BCUT2D eigenvalue weighted by Gasteiger charge is 2.16. The van der Waals surface area contributed by atoms with Crippen LogP contribution in [0.5, 0.6) is 0 Å². The molecule has 9 heteroatoms. The third-order valence-corrected chi connectivity index (χ3v) is 4.04. The highest BCUT2D eigenvalue weighted by atomic mass is 19.3. The molecular formula is C19H15F3N6. The summed E-state index contributed by atoms with van der Waals surface area (Å²) in [5.41, 5.74) is 2.57. The Hall–Kier alpha value is -3.49. The molecule has 1 N–H and O–H groups in total. The highest BCUT2D eigenvalue weighted by Crippen LogP contribution is 2.30. The lowest BCUT2D eigenvalue weighted by atomic mass is 10.2. The zero-order valence-electron chi connectivity index (χ0n) is 14.8. The van der Waals surface area contributed by atoms with Gasteiger partial charge in [0.1, 0.15) is 23.3 Å². The van der Waals surface area contributed by atoms with Gasteiger partial charge in [0, 0.05) is 18.1 Å². The van der Waals surface area contributed by atoms with Crippen molar-refractivity contribution in [3.8, 4) is 11.4 Å². The molecule has 0 saturated heterocycles. The molecule has 28 heavy (non-hydrogen) atoms. The molecule has 0 aliphatic heterocycles. The van der Waals surface area contributed by atoms with E-state index < -0.39 is 18.8 Å². The maximum absolute atomic E-state index is 15.1. The summed E-state index contributed by atoms with van der Waals surface area (Å²) < 4.78 is 41.5. The van der Waals surface area contributed by atoms with Crippen molar-refractivity contribution in [3.63, 3.8) is 0 Å². The first-order chi connectivity index (χ1) is 13.5. The average molecular weight is 384 g/mol. The third kappa shape index (κ3) is 3.51. The number of nitrogens with one attached hydrogen (secondary N) is 1. The standard InChI is InChI=1S/C19H15F3N6/c1-11-8-14(17(22)19(25-11)12-4-2-3-6-23-12)26-13-5-7-24-15-9-28(10-16(20)21)27-18(13)15/h2-9,16H,10H2,1H3,(H,25,26). The van der Waals surface area contributed by atoms with Gasteiger partial charge in [-0.2, -0.15) is 5.10 Å². The number of nitrogens with zero attached hydrogens (tertiary/aromatic N) is 5. The summed E-state index contributed by atoms with van der Waals surface area (Å²) in [6.45, 7) is 1.21. The van der Waals surface area contributed by atoms with E-state index in [9.17, 15) is 8.78 Å². The van der Waals surface area contributed by atoms with Crippen molar-refractivity contribution in [1.29, 1.82) is 0 Å². The maximum atomic E-state index is 15.1. The molecule has 0 amide bonds. The second kappa shape index (κ2) is 7.26. The van der Waals surface area contributed by atoms with Gasteiger partial charge in [-0.25, -0.2) is 18.2 Å². The number of hydrogen-bond acceptors (Lipinski definition) is 5. The minimum absolute atomic E-state index is 0.122. The van der Waals surface area contributed by atoms with Gasteiger partial charge < -0.3 is 5.32 Å². The monoisotopic (exact) mass is 384 g/mol. The van der Waals surface area contributed by atoms with Crippen LogP contribution in [0.4, 0.5) is 24.5 Å². The predicted octanol–water partition coefficient (Wildman–Crippen LogP) is 4.34. The lowest BCUT2D eigenvalue weighted by Gasteiger charge is -2.12. The van der Waals surface area contributed by atoms with Gasteiger partial charge in [-0.1, -0.05) is 6.07 Å². The van der Waals surface area contributed by atoms with E-state index in [1.54, 1.807) is 43.5 Å². The van der Waals surface area contributed by atoms with Crippen molar-refractivity contribution in [2.45, 2.75) is 19.9 Å². The van der Waals surface area contributed by atoms with Crippen molar-refractivity contribution in [3.05, 3.63) is 60.4 Å². The van der Waals surface area contributed by atoms with Crippen LogP contribution in [0.15, 0.2) is 48.9 Å². The Morgan fingerprint density at radius 1 is 1.11 bits per heavy atom. The van der Waals surface area contributed by atoms with Crippen LogP contribution in [0.25, 0.3) is 22.4 Å². The number of aromatic nitrogens is 5. The summed E-state index contributed by atoms with van der Waals surface area (Å²) in [4.78, 5) is 12.5. The molecule has 0 aliphatic rings. The number of anilines is 2. The Kier molecular flexibility index (Phi) is 4.64. The molecule has 0 spiro atoms. The van der Waals surface area contributed by atoms with Crippen LogP contribution in [0.1, 0.15) is 5.69 Å². The largest absolute Gasteiger partial charge is 0.351 e. The first-order valence-electron chi connectivity index (χ1n) is 8.47. The molecule has 0 bridgehead atoms. The minimum atomic E-state index is -2.54. The van der Waals surface area contributed by atoms with Crippen LogP contribution < -0.4 is 5.32 Å². The van der Waals surface area contributed by atoms with E-state index in [1.165, 1.54) is 12.4 Å². The number of fused-ring (bicyclic) bond motifs is 1. The predicted molar refractivity (Wildman–Crippen MR) is 99.0 cm³/mol. The molecule has 6 nitrogen and oxygen atoms in total. The zero-order valence-corrected chi connectivity index (χ0v) is 14.8. The van der Waals surface area contributed by atoms with Gasteiger partial charge in [0.25, 0.3) is 6.43 Å². The smallest absolute Gasteiger partial charge is 0.257 e. The van der Waals surface area contributed by atoms with Crippen LogP contribution in [0.2, 0.25) is 0 Å². The second-order valence-corrected chi connectivity index (χ2v) is 6.15. The molecule has 0 saturated carbocycles. The van der Waals surface area contributed by atoms with E-state index >= 15 is 4.39 Å². The van der Waals surface area contributed by atoms with Crippen LogP contribution in [-0.2, 0) is 6.54 Å². The second-order valence-electron chi connectivity index (χ2n) is 6.15. The normalized spacial score (nSPS) is 11.3. The summed E-state index contributed by atoms with van der Waals surface area (Å²) >= 11 is 0. The van der Waals surface area contributed by atoms with Gasteiger partial charge >= 0.3 is 0 Å². The fraction of sp³-hybridized carbons (Fsp3) is 0.158. The Balaban J connectivity index is 1.75. The van der Waals surface area contributed by atoms with Crippen molar-refractivity contribution in [1.82, 2.24) is 24.7 Å². The average Bonchev–Trinajstić information content (AvgIpc) is 3.07. The number of aryl methyl sites for hydroxylation is 1. The van der Waals surface area contributed by atoms with E-state index in [2.05, 4.69) is 25.4 Å². The Morgan fingerprint density at radius 3 is 2.71 bits per heavy atom. The molecule has 4 heterocycles. The van der Waals surface area contributed by atoms with E-state index in [-0.39, 0.29) is 11.4 Å². The van der Waals surface area contributed by atoms with E-state index in [1.807, 2.05) is 0 Å². The topological polar surface area (TPSA) is 68.5 Å². The van der Waals surface area contributed by atoms with Crippen LogP contribution in [0, 0.1) is 12.7 Å². The molecule has 4 rings (SSSR count). The van der Waals surface area contributed by atoms with Gasteiger partial charge in [-0.3, -0.25) is 14.6 Å². The number of alkyl halides is 2. The summed E-state index contributed by atoms with van der Waals surface area (Å²) in [6.07, 6.45) is 1.96. The number of hydrogen-bond donors (Lipinski definition) is 1. The molecule has 142 valence electrons. The first kappa shape index (κ1) is 17.9. The fourth-order valence-corrected chi connectivity index (χ4v) is 2.87. The van der Waals surface area contributed by atoms with Crippen molar-refractivity contribution in [2.24, 2.45) is 0 Å². The quantitative estimate of drug-likeness (QED) is 0.554. The number of rotatable bonds is 5. The van der Waals surface area contributed by atoms with Gasteiger partial charge in [0.2, 0.25) is 0 Å². The van der Waals surface area contributed by atoms with Crippen LogP contribution in [-0.4, -0.2) is 31.2 Å². The number of pyridine rings is 3. The third-order valence-electron chi connectivity index (χ3n) is 4.04. The Morgan fingerprint density at radius 2 is 1.96 bits per heavy atom. The summed E-state index contributed by atoms with van der Waals surface area (Å²) in [7, 11) is 0. The minimum Gasteiger partial charge on any atom is -0.351 e. The zero-order chi connectivity index (χ0) is 19.7. The van der Waals surface area contributed by atoms with Crippen LogP contribution in [0.3, 0.4) is 0 Å². The van der Waals surface area contributed by atoms with Crippen molar-refractivity contribution < 1.29 is 13.2 Å². The van der Waals surface area contributed by atoms with Gasteiger partial charge in [0.15, 0.2) is 5.82 Å². The van der Waals surface area contributed by atoms with E-state index in [4.69, 9.17) is 0 Å². The molecule has 4 aromatic heterocycles. The molecule has 0 aliphatic carbocycles. The molecule has 0 aromatic carbocycles. The van der Waals surface area contributed by atoms with Gasteiger partial charge in [0.05, 0.1) is 23.3 Å². The number of halogens is 3. The molecular weight excluding hydrogens is 369 g/mol. The SMILES string of the molecule is Cc1cc(Nc2ccnc3cn(CC(F)F)nc23)c(F)c(-c2ccccn2)n1.